The average Bonchev–Trinajstić information content (AvgIpc) is 2.46. The first-order valence-electron chi connectivity index (χ1n) is 6.32. The largest absolute Gasteiger partial charge is 0.373 e. The fraction of sp³-hybridized carbons (Fsp3) is 0.583. The number of primary amides is 1. The van der Waals surface area contributed by atoms with E-state index in [0.717, 1.165) is 37.4 Å². The lowest BCUT2D eigenvalue weighted by atomic mass is 10.0. The van der Waals surface area contributed by atoms with Crippen LogP contribution in [0.5, 0.6) is 0 Å². The number of nitrogens with zero attached hydrogens (tertiary/aromatic N) is 3. The van der Waals surface area contributed by atoms with Crippen molar-refractivity contribution in [2.45, 2.75) is 30.5 Å². The molecule has 0 aromatic carbocycles. The molecular formula is C12H19N5OS. The second-order valence-corrected chi connectivity index (χ2v) is 5.23. The van der Waals surface area contributed by atoms with E-state index in [0.29, 0.717) is 5.16 Å². The van der Waals surface area contributed by atoms with Gasteiger partial charge >= 0.3 is 0 Å². The standard InChI is InChI=1S/C12H19N5OS/c1-14-9-7-10(16-12(15-9)19-2)17-6-4-3-5-8(17)11(13)18/h7-8H,3-6H2,1-2H3,(H2,13,18)(H,14,15,16). The Balaban J connectivity index is 2.35. The minimum atomic E-state index is -0.282. The lowest BCUT2D eigenvalue weighted by Crippen LogP contribution is -2.48. The SMILES string of the molecule is CNc1cc(N2CCCCC2C(N)=O)nc(SC)n1. The molecular weight excluding hydrogens is 262 g/mol. The van der Waals surface area contributed by atoms with Gasteiger partial charge in [0, 0.05) is 19.7 Å². The van der Waals surface area contributed by atoms with Crippen LogP contribution in [0.3, 0.4) is 0 Å². The van der Waals surface area contributed by atoms with E-state index in [1.807, 2.05) is 24.3 Å². The number of nitrogens with one attached hydrogen (secondary N) is 1. The predicted molar refractivity (Wildman–Crippen MR) is 77.5 cm³/mol. The number of nitrogens with two attached hydrogens (primary N) is 1. The summed E-state index contributed by atoms with van der Waals surface area (Å²) in [6, 6.07) is 1.60. The first-order valence-corrected chi connectivity index (χ1v) is 7.55. The number of carbonyl (C=O) groups is 1. The Hall–Kier alpha value is -1.50. The molecule has 7 heteroatoms. The first kappa shape index (κ1) is 13.9. The van der Waals surface area contributed by atoms with Gasteiger partial charge in [-0.15, -0.1) is 0 Å². The van der Waals surface area contributed by atoms with Crippen molar-refractivity contribution in [3.63, 3.8) is 0 Å². The number of amides is 1. The number of aromatic nitrogens is 2. The monoisotopic (exact) mass is 281 g/mol. The van der Waals surface area contributed by atoms with Gasteiger partial charge < -0.3 is 16.0 Å². The summed E-state index contributed by atoms with van der Waals surface area (Å²) < 4.78 is 0. The molecule has 0 radical (unpaired) electrons. The van der Waals surface area contributed by atoms with Gasteiger partial charge in [0.2, 0.25) is 5.91 Å². The summed E-state index contributed by atoms with van der Waals surface area (Å²) in [5.41, 5.74) is 5.49. The average molecular weight is 281 g/mol. The van der Waals surface area contributed by atoms with Gasteiger partial charge in [0.25, 0.3) is 0 Å². The second-order valence-electron chi connectivity index (χ2n) is 4.46. The highest BCUT2D eigenvalue weighted by molar-refractivity contribution is 7.98. The molecule has 1 atom stereocenters. The molecule has 1 aliphatic heterocycles. The molecule has 1 fully saturated rings. The predicted octanol–water partition coefficient (Wildman–Crippen LogP) is 1.08. The van der Waals surface area contributed by atoms with Gasteiger partial charge in [-0.1, -0.05) is 11.8 Å². The van der Waals surface area contributed by atoms with Gasteiger partial charge in [0.1, 0.15) is 17.7 Å². The molecule has 0 saturated carbocycles. The molecule has 0 aliphatic carbocycles. The van der Waals surface area contributed by atoms with Crippen LogP contribution in [-0.4, -0.2) is 41.8 Å². The molecule has 1 aromatic rings. The van der Waals surface area contributed by atoms with Crippen LogP contribution in [-0.2, 0) is 4.79 Å². The third kappa shape index (κ3) is 3.09. The van der Waals surface area contributed by atoms with E-state index in [9.17, 15) is 4.79 Å². The Morgan fingerprint density at radius 2 is 2.32 bits per heavy atom. The van der Waals surface area contributed by atoms with Crippen LogP contribution in [0.2, 0.25) is 0 Å². The summed E-state index contributed by atoms with van der Waals surface area (Å²) in [4.78, 5) is 22.4. The zero-order chi connectivity index (χ0) is 13.8. The van der Waals surface area contributed by atoms with Crippen molar-refractivity contribution in [3.05, 3.63) is 6.07 Å². The fourth-order valence-electron chi connectivity index (χ4n) is 2.28. The molecule has 104 valence electrons. The van der Waals surface area contributed by atoms with Gasteiger partial charge in [-0.3, -0.25) is 4.79 Å². The van der Waals surface area contributed by atoms with E-state index < -0.39 is 0 Å². The number of hydrogen-bond acceptors (Lipinski definition) is 6. The summed E-state index contributed by atoms with van der Waals surface area (Å²) in [6.07, 6.45) is 4.81. The van der Waals surface area contributed by atoms with E-state index in [1.54, 1.807) is 0 Å². The van der Waals surface area contributed by atoms with Crippen LogP contribution in [0, 0.1) is 0 Å². The van der Waals surface area contributed by atoms with Crippen molar-refractivity contribution >= 4 is 29.3 Å². The molecule has 6 nitrogen and oxygen atoms in total. The van der Waals surface area contributed by atoms with Gasteiger partial charge in [0.15, 0.2) is 5.16 Å². The van der Waals surface area contributed by atoms with Crippen molar-refractivity contribution in [1.82, 2.24) is 9.97 Å². The summed E-state index contributed by atoms with van der Waals surface area (Å²) >= 11 is 1.48. The Labute approximate surface area is 117 Å². The molecule has 0 bridgehead atoms. The highest BCUT2D eigenvalue weighted by atomic mass is 32.2. The number of anilines is 2. The van der Waals surface area contributed by atoms with Crippen LogP contribution in [0.4, 0.5) is 11.6 Å². The lowest BCUT2D eigenvalue weighted by molar-refractivity contribution is -0.119. The van der Waals surface area contributed by atoms with Crippen molar-refractivity contribution in [2.24, 2.45) is 5.73 Å². The quantitative estimate of drug-likeness (QED) is 0.635. The minimum Gasteiger partial charge on any atom is -0.373 e. The van der Waals surface area contributed by atoms with Crippen LogP contribution in [0.15, 0.2) is 11.2 Å². The number of rotatable bonds is 4. The smallest absolute Gasteiger partial charge is 0.240 e. The van der Waals surface area contributed by atoms with Gasteiger partial charge in [-0.05, 0) is 25.5 Å². The van der Waals surface area contributed by atoms with E-state index in [1.165, 1.54) is 11.8 Å². The Morgan fingerprint density at radius 3 is 2.95 bits per heavy atom. The van der Waals surface area contributed by atoms with Gasteiger partial charge in [-0.2, -0.15) is 0 Å². The van der Waals surface area contributed by atoms with E-state index >= 15 is 0 Å². The molecule has 2 rings (SSSR count). The van der Waals surface area contributed by atoms with Crippen LogP contribution < -0.4 is 16.0 Å². The molecule has 1 saturated heterocycles. The number of carbonyl (C=O) groups excluding carboxylic acids is 1. The summed E-state index contributed by atoms with van der Waals surface area (Å²) in [7, 11) is 1.82. The van der Waals surface area contributed by atoms with Crippen LogP contribution >= 0.6 is 11.8 Å². The fourth-order valence-corrected chi connectivity index (χ4v) is 2.66. The number of thioether (sulfide) groups is 1. The summed E-state index contributed by atoms with van der Waals surface area (Å²) in [6.45, 7) is 0.807. The molecule has 1 unspecified atom stereocenters. The van der Waals surface area contributed by atoms with Crippen molar-refractivity contribution < 1.29 is 4.79 Å². The third-order valence-corrected chi connectivity index (χ3v) is 3.80. The maximum atomic E-state index is 11.6. The van der Waals surface area contributed by atoms with Crippen molar-refractivity contribution in [2.75, 3.05) is 30.1 Å². The normalized spacial score (nSPS) is 19.3. The second kappa shape index (κ2) is 6.10. The molecule has 3 N–H and O–H groups in total. The summed E-state index contributed by atoms with van der Waals surface area (Å²) in [5.74, 6) is 1.24. The molecule has 1 amide bonds. The highest BCUT2D eigenvalue weighted by Gasteiger charge is 2.28. The maximum absolute atomic E-state index is 11.6. The van der Waals surface area contributed by atoms with E-state index in [-0.39, 0.29) is 11.9 Å². The summed E-state index contributed by atoms with van der Waals surface area (Å²) in [5, 5.41) is 3.71. The number of hydrogen-bond donors (Lipinski definition) is 2. The highest BCUT2D eigenvalue weighted by Crippen LogP contribution is 2.26. The van der Waals surface area contributed by atoms with E-state index in [4.69, 9.17) is 5.73 Å². The number of piperidine rings is 1. The zero-order valence-corrected chi connectivity index (χ0v) is 12.0. The Morgan fingerprint density at radius 1 is 1.53 bits per heavy atom. The van der Waals surface area contributed by atoms with Gasteiger partial charge in [0.05, 0.1) is 0 Å². The van der Waals surface area contributed by atoms with Crippen molar-refractivity contribution in [3.8, 4) is 0 Å². The topological polar surface area (TPSA) is 84.1 Å². The van der Waals surface area contributed by atoms with E-state index in [2.05, 4.69) is 15.3 Å². The van der Waals surface area contributed by atoms with Gasteiger partial charge in [-0.25, -0.2) is 9.97 Å². The maximum Gasteiger partial charge on any atom is 0.240 e. The minimum absolute atomic E-state index is 0.261. The van der Waals surface area contributed by atoms with Crippen LogP contribution in [0.1, 0.15) is 19.3 Å². The molecule has 0 spiro atoms. The molecule has 1 aliphatic rings. The Kier molecular flexibility index (Phi) is 4.47. The first-order chi connectivity index (χ1) is 9.15. The van der Waals surface area contributed by atoms with Crippen LogP contribution in [0.25, 0.3) is 0 Å². The zero-order valence-electron chi connectivity index (χ0n) is 11.2. The Bertz CT molecular complexity index is 445. The lowest BCUT2D eigenvalue weighted by Gasteiger charge is -2.34. The van der Waals surface area contributed by atoms with Crippen molar-refractivity contribution in [1.29, 1.82) is 0 Å². The third-order valence-electron chi connectivity index (χ3n) is 3.26. The molecule has 19 heavy (non-hydrogen) atoms. The molecule has 1 aromatic heterocycles. The molecule has 2 heterocycles.